The number of nitrogens with one attached hydrogen (secondary N) is 3. The average molecular weight is 1040 g/mol. The molecular weight excluding hydrogens is 977 g/mol. The number of pyridine rings is 1. The minimum absolute atomic E-state index is 0.0111. The van der Waals surface area contributed by atoms with Gasteiger partial charge in [0.25, 0.3) is 23.5 Å². The lowest BCUT2D eigenvalue weighted by Gasteiger charge is -2.41. The van der Waals surface area contributed by atoms with Gasteiger partial charge in [0.1, 0.15) is 47.3 Å². The van der Waals surface area contributed by atoms with Crippen LogP contribution in [0.2, 0.25) is 0 Å². The molecule has 2 fully saturated rings. The van der Waals surface area contributed by atoms with E-state index in [9.17, 15) is 61.6 Å². The Balaban J connectivity index is 0.000000200. The molecule has 2 bridgehead atoms. The molecule has 2 aromatic heterocycles. The van der Waals surface area contributed by atoms with Crippen molar-refractivity contribution in [2.75, 3.05) is 33.3 Å². The van der Waals surface area contributed by atoms with Crippen molar-refractivity contribution in [1.29, 1.82) is 0 Å². The van der Waals surface area contributed by atoms with E-state index in [1.807, 2.05) is 6.92 Å². The lowest BCUT2D eigenvalue weighted by atomic mass is 9.86. The number of rotatable bonds is 12. The van der Waals surface area contributed by atoms with E-state index in [1.54, 1.807) is 37.3 Å². The zero-order valence-corrected chi connectivity index (χ0v) is 40.9. The van der Waals surface area contributed by atoms with Gasteiger partial charge in [-0.15, -0.1) is 0 Å². The third-order valence-electron chi connectivity index (χ3n) is 13.3. The number of carbonyl (C=O) groups excluding carboxylic acids is 4. The van der Waals surface area contributed by atoms with Crippen molar-refractivity contribution in [1.82, 2.24) is 25.4 Å². The number of methoxy groups -OCH3 is 1. The quantitative estimate of drug-likeness (QED) is 0.0658. The normalized spacial score (nSPS) is 20.0. The Labute approximate surface area is 422 Å². The maximum Gasteiger partial charge on any atom is 0.378 e. The number of hydrogen-bond acceptors (Lipinski definition) is 14. The topological polar surface area (TPSA) is 265 Å². The molecule has 0 spiro atoms. The van der Waals surface area contributed by atoms with E-state index in [4.69, 9.17) is 14.9 Å². The molecule has 74 heavy (non-hydrogen) atoms. The molecule has 18 nitrogen and oxygen atoms in total. The number of amides is 3. The van der Waals surface area contributed by atoms with Crippen LogP contribution in [-0.2, 0) is 24.4 Å². The van der Waals surface area contributed by atoms with Gasteiger partial charge in [0.05, 0.1) is 24.4 Å². The van der Waals surface area contributed by atoms with Crippen LogP contribution in [0.3, 0.4) is 0 Å². The van der Waals surface area contributed by atoms with Crippen LogP contribution in [0.15, 0.2) is 93.2 Å². The summed E-state index contributed by atoms with van der Waals surface area (Å²) in [6.45, 7) is 5.40. The third-order valence-corrected chi connectivity index (χ3v) is 13.3. The molecule has 4 atom stereocenters. The maximum absolute atomic E-state index is 13.9. The van der Waals surface area contributed by atoms with Crippen LogP contribution in [-0.4, -0.2) is 99.0 Å². The van der Waals surface area contributed by atoms with Crippen molar-refractivity contribution >= 4 is 23.7 Å². The molecule has 5 aromatic rings. The molecule has 8 rings (SSSR count). The van der Waals surface area contributed by atoms with Crippen molar-refractivity contribution in [2.24, 2.45) is 5.73 Å². The van der Waals surface area contributed by atoms with E-state index in [0.717, 1.165) is 57.9 Å². The molecule has 0 radical (unpaired) electrons. The summed E-state index contributed by atoms with van der Waals surface area (Å²) in [4.78, 5) is 77.0. The summed E-state index contributed by atoms with van der Waals surface area (Å²) < 4.78 is 70.2. The Bertz CT molecular complexity index is 2980. The molecule has 0 saturated carbocycles. The monoisotopic (exact) mass is 1030 g/mol. The predicted molar refractivity (Wildman–Crippen MR) is 259 cm³/mol. The number of carbonyl (C=O) groups is 4. The molecule has 2 saturated heterocycles. The molecule has 3 aliphatic heterocycles. The second-order valence-corrected chi connectivity index (χ2v) is 17.9. The SMILES string of the molecule is CC[C@]1(O)CCCN2C[C@H]1n1cc(C(=O)NCc3ccc(F)cc3F)c(=O)c(O)c1C2=O.CC[C@]1(O)CCCNC[C@H]1N.COC(=O)c1occ(C(=O)NCc2ccc(F)cc2F)c(=O)c1OCc1ccccc1. The minimum atomic E-state index is -1.20. The number of nitrogens with zero attached hydrogens (tertiary/aromatic N) is 2. The van der Waals surface area contributed by atoms with E-state index in [1.165, 1.54) is 27.8 Å². The Morgan fingerprint density at radius 2 is 1.43 bits per heavy atom. The number of ether oxygens (including phenoxy) is 2. The number of hydrogen-bond donors (Lipinski definition) is 7. The Hall–Kier alpha value is -7.40. The van der Waals surface area contributed by atoms with E-state index in [-0.39, 0.29) is 49.1 Å². The van der Waals surface area contributed by atoms with Gasteiger partial charge in [0.15, 0.2) is 11.4 Å². The summed E-state index contributed by atoms with van der Waals surface area (Å²) in [5, 5.41) is 39.6. The Kier molecular flexibility index (Phi) is 18.5. The smallest absolute Gasteiger partial charge is 0.378 e. The van der Waals surface area contributed by atoms with Gasteiger partial charge in [-0.3, -0.25) is 24.0 Å². The first-order valence-electron chi connectivity index (χ1n) is 23.8. The lowest BCUT2D eigenvalue weighted by molar-refractivity contribution is -0.0270. The predicted octanol–water partition coefficient (Wildman–Crippen LogP) is 4.75. The molecule has 3 aliphatic rings. The van der Waals surface area contributed by atoms with E-state index < -0.39 is 103 Å². The van der Waals surface area contributed by atoms with Gasteiger partial charge in [-0.2, -0.15) is 0 Å². The first-order valence-corrected chi connectivity index (χ1v) is 23.8. The molecule has 3 aromatic carbocycles. The van der Waals surface area contributed by atoms with E-state index in [0.29, 0.717) is 43.5 Å². The summed E-state index contributed by atoms with van der Waals surface area (Å²) >= 11 is 0. The number of nitrogens with two attached hydrogens (primary N) is 1. The number of fused-ring (bicyclic) bond motifs is 4. The fourth-order valence-corrected chi connectivity index (χ4v) is 8.71. The highest BCUT2D eigenvalue weighted by Gasteiger charge is 2.46. The summed E-state index contributed by atoms with van der Waals surface area (Å²) in [7, 11) is 1.10. The number of halogens is 4. The molecule has 22 heteroatoms. The molecule has 5 heterocycles. The number of aromatic hydroxyl groups is 1. The highest BCUT2D eigenvalue weighted by Crippen LogP contribution is 2.40. The van der Waals surface area contributed by atoms with Crippen molar-refractivity contribution < 1.29 is 66.0 Å². The van der Waals surface area contributed by atoms with Crippen LogP contribution in [0, 0.1) is 23.3 Å². The first kappa shape index (κ1) is 55.9. The fraction of sp³-hybridized carbons (Fsp3) is 0.385. The first-order chi connectivity index (χ1) is 35.2. The van der Waals surface area contributed by atoms with Gasteiger partial charge in [-0.25, -0.2) is 22.4 Å². The van der Waals surface area contributed by atoms with E-state index >= 15 is 0 Å². The van der Waals surface area contributed by atoms with Crippen molar-refractivity contribution in [3.8, 4) is 11.5 Å². The van der Waals surface area contributed by atoms with Crippen LogP contribution in [0.1, 0.15) is 117 Å². The summed E-state index contributed by atoms with van der Waals surface area (Å²) in [5.41, 5.74) is 1.62. The minimum Gasteiger partial charge on any atom is -0.503 e. The highest BCUT2D eigenvalue weighted by atomic mass is 19.1. The standard InChI is InChI=1S/C22H23F2N3O5.C22H17F2NO6.C8H18N2O/c1-2-22(32)6-3-7-26-11-16(22)27-10-14(18(28)19(29)17(27)21(26)31)20(30)25-9-12-4-5-13(23)8-15(12)24;1-29-22(28)20-19(30-11-13-5-3-2-4-6-13)18(26)16(12-31-20)21(27)25-10-14-7-8-15(23)9-17(14)24;1-2-8(11)4-3-5-10-6-7(8)9/h4-5,8,10,16,29,32H,2-3,6-7,9,11H2,1H3,(H,25,30);2-9,12H,10-11H2,1H3,(H,25,27);7,10-11H,2-6,9H2,1H3/t16-,22+;;7-,8+/m1.1/s1. The summed E-state index contributed by atoms with van der Waals surface area (Å²) in [6.07, 6.45) is 5.92. The molecule has 0 aliphatic carbocycles. The fourth-order valence-electron chi connectivity index (χ4n) is 8.71. The highest BCUT2D eigenvalue weighted by molar-refractivity contribution is 5.99. The maximum atomic E-state index is 13.9. The molecule has 3 amide bonds. The largest absolute Gasteiger partial charge is 0.503 e. The Morgan fingerprint density at radius 3 is 2.01 bits per heavy atom. The average Bonchev–Trinajstić information content (AvgIpc) is 3.66. The second kappa shape index (κ2) is 24.5. The second-order valence-electron chi connectivity index (χ2n) is 17.9. The van der Waals surface area contributed by atoms with Gasteiger partial charge in [-0.05, 0) is 62.8 Å². The van der Waals surface area contributed by atoms with Gasteiger partial charge < -0.3 is 60.4 Å². The van der Waals surface area contributed by atoms with Gasteiger partial charge in [0, 0.05) is 68.2 Å². The van der Waals surface area contributed by atoms with Gasteiger partial charge in [-0.1, -0.05) is 56.3 Å². The molecule has 0 unspecified atom stereocenters. The van der Waals surface area contributed by atoms with Gasteiger partial charge in [0.2, 0.25) is 16.6 Å². The third kappa shape index (κ3) is 12.9. The number of benzene rings is 3. The zero-order valence-electron chi connectivity index (χ0n) is 40.9. The lowest BCUT2D eigenvalue weighted by Crippen LogP contribution is -2.50. The van der Waals surface area contributed by atoms with Crippen molar-refractivity contribution in [3.63, 3.8) is 0 Å². The van der Waals surface area contributed by atoms with Gasteiger partial charge >= 0.3 is 5.97 Å². The number of aromatic nitrogens is 1. The van der Waals surface area contributed by atoms with Crippen LogP contribution < -0.4 is 37.3 Å². The summed E-state index contributed by atoms with van der Waals surface area (Å²) in [6, 6.07) is 13.8. The molecule has 396 valence electrons. The summed E-state index contributed by atoms with van der Waals surface area (Å²) in [5.74, 6) is -8.37. The van der Waals surface area contributed by atoms with Crippen LogP contribution in [0.4, 0.5) is 17.6 Å². The van der Waals surface area contributed by atoms with Crippen LogP contribution >= 0.6 is 0 Å². The van der Waals surface area contributed by atoms with Crippen LogP contribution in [0.25, 0.3) is 0 Å². The zero-order chi connectivity index (χ0) is 53.9. The van der Waals surface area contributed by atoms with Crippen molar-refractivity contribution in [3.05, 3.63) is 162 Å². The number of aliphatic hydroxyl groups is 2. The van der Waals surface area contributed by atoms with E-state index in [2.05, 4.69) is 20.7 Å². The molecular formula is C52H58F4N6O12. The molecule has 8 N–H and O–H groups in total. The van der Waals surface area contributed by atoms with Crippen LogP contribution in [0.5, 0.6) is 11.5 Å². The Morgan fingerprint density at radius 1 is 0.838 bits per heavy atom. The van der Waals surface area contributed by atoms with Crippen molar-refractivity contribution in [2.45, 2.75) is 95.4 Å². The number of esters is 1.